The van der Waals surface area contributed by atoms with Gasteiger partial charge >= 0.3 is 0 Å². The van der Waals surface area contributed by atoms with Crippen molar-refractivity contribution in [3.8, 4) is 0 Å². The van der Waals surface area contributed by atoms with E-state index in [-0.39, 0.29) is 5.82 Å². The summed E-state index contributed by atoms with van der Waals surface area (Å²) in [5.74, 6) is 2.09. The van der Waals surface area contributed by atoms with Crippen molar-refractivity contribution in [2.45, 2.75) is 12.5 Å². The van der Waals surface area contributed by atoms with Crippen molar-refractivity contribution in [2.24, 2.45) is 0 Å². The number of nitrogens with one attached hydrogen (secondary N) is 1. The van der Waals surface area contributed by atoms with Gasteiger partial charge in [-0.1, -0.05) is 6.07 Å². The summed E-state index contributed by atoms with van der Waals surface area (Å²) in [5, 5.41) is 3.48. The third-order valence-corrected chi connectivity index (χ3v) is 4.24. The van der Waals surface area contributed by atoms with E-state index in [0.717, 1.165) is 17.9 Å². The average Bonchev–Trinajstić information content (AvgIpc) is 2.50. The summed E-state index contributed by atoms with van der Waals surface area (Å²) in [6.07, 6.45) is 1.21. The lowest BCUT2D eigenvalue weighted by Crippen LogP contribution is -2.22. The smallest absolute Gasteiger partial charge is 0.137 e. The van der Waals surface area contributed by atoms with Crippen LogP contribution in [0.15, 0.2) is 22.7 Å². The molecule has 1 nitrogen and oxygen atoms in total. The molecule has 1 aliphatic rings. The van der Waals surface area contributed by atoms with Gasteiger partial charge in [0.15, 0.2) is 0 Å². The van der Waals surface area contributed by atoms with Crippen LogP contribution < -0.4 is 5.32 Å². The van der Waals surface area contributed by atoms with Gasteiger partial charge in [0.25, 0.3) is 0 Å². The van der Waals surface area contributed by atoms with E-state index >= 15 is 0 Å². The van der Waals surface area contributed by atoms with Gasteiger partial charge in [-0.05, 0) is 52.3 Å². The van der Waals surface area contributed by atoms with E-state index in [4.69, 9.17) is 0 Å². The van der Waals surface area contributed by atoms with E-state index in [1.54, 1.807) is 0 Å². The van der Waals surface area contributed by atoms with Crippen molar-refractivity contribution in [1.82, 2.24) is 5.32 Å². The van der Waals surface area contributed by atoms with Crippen LogP contribution in [0.2, 0.25) is 0 Å². The van der Waals surface area contributed by atoms with Gasteiger partial charge in [0.05, 0.1) is 4.47 Å². The van der Waals surface area contributed by atoms with Crippen molar-refractivity contribution in [2.75, 3.05) is 18.1 Å². The van der Waals surface area contributed by atoms with Crippen LogP contribution in [0.4, 0.5) is 4.39 Å². The van der Waals surface area contributed by atoms with Crippen molar-refractivity contribution >= 4 is 27.7 Å². The van der Waals surface area contributed by atoms with Gasteiger partial charge in [-0.25, -0.2) is 4.39 Å². The fourth-order valence-corrected chi connectivity index (χ4v) is 3.11. The molecule has 1 unspecified atom stereocenters. The zero-order chi connectivity index (χ0) is 10.7. The number of benzene rings is 1. The molecular formula is C11H13BrFNS. The fourth-order valence-electron chi connectivity index (χ4n) is 1.65. The first-order chi connectivity index (χ1) is 7.27. The zero-order valence-corrected chi connectivity index (χ0v) is 10.7. The highest BCUT2D eigenvalue weighted by atomic mass is 79.9. The molecule has 0 amide bonds. The maximum atomic E-state index is 13.1. The first-order valence-corrected chi connectivity index (χ1v) is 6.98. The first kappa shape index (κ1) is 11.4. The molecule has 1 aromatic carbocycles. The van der Waals surface area contributed by atoms with Crippen molar-refractivity contribution in [3.05, 3.63) is 34.1 Å². The molecule has 15 heavy (non-hydrogen) atoms. The fraction of sp³-hybridized carbons (Fsp3) is 0.455. The van der Waals surface area contributed by atoms with E-state index < -0.39 is 0 Å². The molecule has 1 saturated heterocycles. The largest absolute Gasteiger partial charge is 0.309 e. The van der Waals surface area contributed by atoms with Crippen LogP contribution in [0.3, 0.4) is 0 Å². The van der Waals surface area contributed by atoms with E-state index in [2.05, 4.69) is 21.2 Å². The summed E-state index contributed by atoms with van der Waals surface area (Å²) in [7, 11) is 0. The van der Waals surface area contributed by atoms with Crippen LogP contribution in [0.1, 0.15) is 18.0 Å². The Balaban J connectivity index is 2.16. The number of hydrogen-bond acceptors (Lipinski definition) is 2. The molecule has 2 rings (SSSR count). The molecule has 0 aliphatic carbocycles. The van der Waals surface area contributed by atoms with E-state index in [1.807, 2.05) is 23.9 Å². The summed E-state index contributed by atoms with van der Waals surface area (Å²) < 4.78 is 13.6. The number of hydrogen-bond donors (Lipinski definition) is 1. The topological polar surface area (TPSA) is 12.0 Å². The Morgan fingerprint density at radius 2 is 2.33 bits per heavy atom. The number of halogens is 2. The second-order valence-electron chi connectivity index (χ2n) is 3.61. The molecule has 1 aromatic rings. The predicted octanol–water partition coefficient (Wildman–Crippen LogP) is 3.36. The summed E-state index contributed by atoms with van der Waals surface area (Å²) in [6.45, 7) is 1.05. The third-order valence-electron chi connectivity index (χ3n) is 2.49. The van der Waals surface area contributed by atoms with Crippen molar-refractivity contribution in [1.29, 1.82) is 0 Å². The maximum absolute atomic E-state index is 13.1. The predicted molar refractivity (Wildman–Crippen MR) is 66.8 cm³/mol. The number of thioether (sulfide) groups is 1. The molecule has 0 bridgehead atoms. The molecule has 4 heteroatoms. The van der Waals surface area contributed by atoms with E-state index in [1.165, 1.54) is 18.2 Å². The minimum atomic E-state index is -0.194. The summed E-state index contributed by atoms with van der Waals surface area (Å²) >= 11 is 5.18. The Bertz CT molecular complexity index is 337. The molecule has 1 N–H and O–H groups in total. The Hall–Kier alpha value is -0.0600. The van der Waals surface area contributed by atoms with Crippen LogP contribution in [-0.4, -0.2) is 18.1 Å². The normalized spacial score (nSPS) is 22.4. The van der Waals surface area contributed by atoms with Gasteiger partial charge in [-0.3, -0.25) is 0 Å². The molecule has 1 aliphatic heterocycles. The molecule has 82 valence electrons. The zero-order valence-electron chi connectivity index (χ0n) is 8.30. The molecule has 1 heterocycles. The van der Waals surface area contributed by atoms with Gasteiger partial charge in [-0.2, -0.15) is 11.8 Å². The molecule has 0 spiro atoms. The van der Waals surface area contributed by atoms with Crippen molar-refractivity contribution in [3.63, 3.8) is 0 Å². The van der Waals surface area contributed by atoms with Crippen LogP contribution in [0, 0.1) is 5.82 Å². The highest BCUT2D eigenvalue weighted by Gasteiger charge is 2.14. The van der Waals surface area contributed by atoms with E-state index in [9.17, 15) is 4.39 Å². The second kappa shape index (κ2) is 5.32. The van der Waals surface area contributed by atoms with Crippen molar-refractivity contribution < 1.29 is 4.39 Å². The van der Waals surface area contributed by atoms with Gasteiger partial charge < -0.3 is 5.32 Å². The van der Waals surface area contributed by atoms with Crippen LogP contribution in [0.25, 0.3) is 0 Å². The Labute approximate surface area is 102 Å². The van der Waals surface area contributed by atoms with Gasteiger partial charge in [0, 0.05) is 11.8 Å². The molecule has 1 fully saturated rings. The second-order valence-corrected chi connectivity index (χ2v) is 5.61. The van der Waals surface area contributed by atoms with Gasteiger partial charge in [0.1, 0.15) is 5.82 Å². The standard InChI is InChI=1S/C11H13BrFNS/c12-9-6-8(2-3-10(9)13)11-7-15-5-1-4-14-11/h2-3,6,11,14H,1,4-5,7H2. The SMILES string of the molecule is Fc1ccc(C2CSCCCN2)cc1Br. The lowest BCUT2D eigenvalue weighted by Gasteiger charge is -2.16. The third kappa shape index (κ3) is 2.95. The molecule has 0 radical (unpaired) electrons. The van der Waals surface area contributed by atoms with Gasteiger partial charge in [0.2, 0.25) is 0 Å². The quantitative estimate of drug-likeness (QED) is 0.851. The highest BCUT2D eigenvalue weighted by molar-refractivity contribution is 9.10. The maximum Gasteiger partial charge on any atom is 0.137 e. The number of rotatable bonds is 1. The molecule has 1 atom stereocenters. The summed E-state index contributed by atoms with van der Waals surface area (Å²) in [6, 6.07) is 5.62. The Morgan fingerprint density at radius 1 is 1.47 bits per heavy atom. The molecule has 0 saturated carbocycles. The average molecular weight is 290 g/mol. The Morgan fingerprint density at radius 3 is 3.13 bits per heavy atom. The first-order valence-electron chi connectivity index (χ1n) is 5.03. The van der Waals surface area contributed by atoms with E-state index in [0.29, 0.717) is 10.5 Å². The molecular weight excluding hydrogens is 277 g/mol. The Kier molecular flexibility index (Phi) is 4.05. The monoisotopic (exact) mass is 289 g/mol. The van der Waals surface area contributed by atoms with Crippen LogP contribution in [0.5, 0.6) is 0 Å². The summed E-state index contributed by atoms with van der Waals surface area (Å²) in [4.78, 5) is 0. The van der Waals surface area contributed by atoms with Gasteiger partial charge in [-0.15, -0.1) is 0 Å². The summed E-state index contributed by atoms with van der Waals surface area (Å²) in [5.41, 5.74) is 1.16. The molecule has 0 aromatic heterocycles. The minimum Gasteiger partial charge on any atom is -0.309 e. The van der Waals surface area contributed by atoms with Crippen LogP contribution in [-0.2, 0) is 0 Å². The lowest BCUT2D eigenvalue weighted by molar-refractivity contribution is 0.583. The lowest BCUT2D eigenvalue weighted by atomic mass is 10.1. The minimum absolute atomic E-state index is 0.194. The highest BCUT2D eigenvalue weighted by Crippen LogP contribution is 2.25. The van der Waals surface area contributed by atoms with Crippen LogP contribution >= 0.6 is 27.7 Å².